The quantitative estimate of drug-likeness (QED) is 0.775. The molecule has 0 aliphatic rings. The van der Waals surface area contributed by atoms with E-state index in [0.29, 0.717) is 15.7 Å². The molecule has 10 heteroatoms. The number of anilines is 1. The zero-order chi connectivity index (χ0) is 19.5. The number of urea groups is 1. The van der Waals surface area contributed by atoms with E-state index in [2.05, 4.69) is 14.7 Å². The molecule has 26 heavy (non-hydrogen) atoms. The highest BCUT2D eigenvalue weighted by molar-refractivity contribution is 7.92. The first-order valence-corrected chi connectivity index (χ1v) is 9.07. The van der Waals surface area contributed by atoms with Crippen molar-refractivity contribution in [2.75, 3.05) is 11.4 Å². The summed E-state index contributed by atoms with van der Waals surface area (Å²) in [4.78, 5) is 31.6. The van der Waals surface area contributed by atoms with Gasteiger partial charge in [-0.25, -0.2) is 28.0 Å². The second-order valence-corrected chi connectivity index (χ2v) is 7.28. The van der Waals surface area contributed by atoms with Crippen molar-refractivity contribution in [1.29, 1.82) is 0 Å². The van der Waals surface area contributed by atoms with Gasteiger partial charge >= 0.3 is 12.0 Å². The van der Waals surface area contributed by atoms with Crippen LogP contribution in [0.2, 0.25) is 0 Å². The van der Waals surface area contributed by atoms with Crippen LogP contribution >= 0.6 is 0 Å². The highest BCUT2D eigenvalue weighted by atomic mass is 32.2. The number of esters is 1. The number of primary amides is 1. The van der Waals surface area contributed by atoms with Crippen LogP contribution in [0.3, 0.4) is 0 Å². The fraction of sp³-hybridized carbons (Fsp3) is 0.250. The fourth-order valence-corrected chi connectivity index (χ4v) is 3.75. The van der Waals surface area contributed by atoms with Gasteiger partial charge in [-0.05, 0) is 31.5 Å². The molecular weight excluding hydrogens is 360 g/mol. The number of nitrogens with two attached hydrogens (primary N) is 1. The predicted octanol–water partition coefficient (Wildman–Crippen LogP) is 1.30. The number of benzene rings is 1. The zero-order valence-electron chi connectivity index (χ0n) is 14.5. The molecule has 0 saturated heterocycles. The number of amides is 2. The summed E-state index contributed by atoms with van der Waals surface area (Å²) in [6.45, 7) is 3.27. The Morgan fingerprint density at radius 2 is 1.73 bits per heavy atom. The SMILES string of the molecule is COC(=O)c1ccccc1CS(=O)(=O)N(C(N)=O)c1nc(C)cc(C)n1. The molecule has 1 heterocycles. The minimum absolute atomic E-state index is 0.0735. The molecule has 0 radical (unpaired) electrons. The Morgan fingerprint density at radius 1 is 1.15 bits per heavy atom. The maximum absolute atomic E-state index is 12.8. The summed E-state index contributed by atoms with van der Waals surface area (Å²) in [6, 6.07) is 6.40. The van der Waals surface area contributed by atoms with Crippen LogP contribution in [0.15, 0.2) is 30.3 Å². The van der Waals surface area contributed by atoms with Crippen molar-refractivity contribution in [1.82, 2.24) is 9.97 Å². The van der Waals surface area contributed by atoms with Crippen molar-refractivity contribution in [3.63, 3.8) is 0 Å². The van der Waals surface area contributed by atoms with Gasteiger partial charge in [0.1, 0.15) is 0 Å². The Labute approximate surface area is 150 Å². The van der Waals surface area contributed by atoms with Gasteiger partial charge in [0.05, 0.1) is 18.4 Å². The van der Waals surface area contributed by atoms with Gasteiger partial charge in [-0.3, -0.25) is 0 Å². The number of aromatic nitrogens is 2. The van der Waals surface area contributed by atoms with E-state index >= 15 is 0 Å². The van der Waals surface area contributed by atoms with Gasteiger partial charge in [0.2, 0.25) is 16.0 Å². The minimum Gasteiger partial charge on any atom is -0.465 e. The van der Waals surface area contributed by atoms with Crippen LogP contribution in [0, 0.1) is 13.8 Å². The van der Waals surface area contributed by atoms with E-state index in [1.807, 2.05) is 0 Å². The summed E-state index contributed by atoms with van der Waals surface area (Å²) in [6.07, 6.45) is 0. The zero-order valence-corrected chi connectivity index (χ0v) is 15.3. The van der Waals surface area contributed by atoms with Crippen molar-refractivity contribution in [3.8, 4) is 0 Å². The summed E-state index contributed by atoms with van der Waals surface area (Å²) >= 11 is 0. The van der Waals surface area contributed by atoms with Crippen molar-refractivity contribution < 1.29 is 22.7 Å². The molecule has 9 nitrogen and oxygen atoms in total. The number of hydrogen-bond donors (Lipinski definition) is 1. The maximum atomic E-state index is 12.8. The lowest BCUT2D eigenvalue weighted by Gasteiger charge is -2.19. The summed E-state index contributed by atoms with van der Waals surface area (Å²) in [5.74, 6) is -1.69. The first-order valence-electron chi connectivity index (χ1n) is 7.46. The second-order valence-electron chi connectivity index (χ2n) is 5.46. The van der Waals surface area contributed by atoms with Crippen LogP contribution < -0.4 is 10.0 Å². The molecule has 0 spiro atoms. The van der Waals surface area contributed by atoms with Crippen molar-refractivity contribution >= 4 is 28.0 Å². The van der Waals surface area contributed by atoms with E-state index < -0.39 is 27.8 Å². The van der Waals surface area contributed by atoms with Crippen molar-refractivity contribution in [2.45, 2.75) is 19.6 Å². The van der Waals surface area contributed by atoms with Gasteiger partial charge in [-0.15, -0.1) is 0 Å². The number of sulfonamides is 1. The summed E-state index contributed by atoms with van der Waals surface area (Å²) in [5, 5.41) is 0. The molecule has 0 bridgehead atoms. The normalized spacial score (nSPS) is 11.0. The standard InChI is InChI=1S/C16H18N4O5S/c1-10-8-11(2)19-16(18-10)20(15(17)22)26(23,24)9-12-6-4-5-7-13(12)14(21)25-3/h4-8H,9H2,1-3H3,(H2,17,22). The number of hydrogen-bond acceptors (Lipinski definition) is 7. The maximum Gasteiger partial charge on any atom is 0.338 e. The molecule has 2 aromatic rings. The third kappa shape index (κ3) is 4.14. The van der Waals surface area contributed by atoms with E-state index in [4.69, 9.17) is 5.73 Å². The Hall–Kier alpha value is -3.01. The lowest BCUT2D eigenvalue weighted by atomic mass is 10.1. The van der Waals surface area contributed by atoms with E-state index in [9.17, 15) is 18.0 Å². The van der Waals surface area contributed by atoms with Gasteiger partial charge < -0.3 is 10.5 Å². The van der Waals surface area contributed by atoms with Gasteiger partial charge in [0.15, 0.2) is 0 Å². The number of carbonyl (C=O) groups excluding carboxylic acids is 2. The van der Waals surface area contributed by atoms with E-state index in [1.54, 1.807) is 32.0 Å². The minimum atomic E-state index is -4.30. The van der Waals surface area contributed by atoms with Crippen LogP contribution in [-0.2, 0) is 20.5 Å². The number of rotatable bonds is 5. The van der Waals surface area contributed by atoms with Gasteiger partial charge in [-0.1, -0.05) is 18.2 Å². The van der Waals surface area contributed by atoms with Crippen LogP contribution in [0.25, 0.3) is 0 Å². The molecule has 2 amide bonds. The van der Waals surface area contributed by atoms with Gasteiger partial charge in [0.25, 0.3) is 0 Å². The fourth-order valence-electron chi connectivity index (χ4n) is 2.37. The molecule has 0 saturated carbocycles. The Balaban J connectivity index is 2.50. The molecule has 2 rings (SSSR count). The van der Waals surface area contributed by atoms with E-state index in [0.717, 1.165) is 0 Å². The molecule has 0 atom stereocenters. The van der Waals surface area contributed by atoms with Crippen molar-refractivity contribution in [3.05, 3.63) is 52.8 Å². The number of ether oxygens (including phenoxy) is 1. The predicted molar refractivity (Wildman–Crippen MR) is 94.0 cm³/mol. The average Bonchev–Trinajstić information content (AvgIpc) is 2.52. The molecule has 1 aromatic heterocycles. The monoisotopic (exact) mass is 378 g/mol. The average molecular weight is 378 g/mol. The summed E-state index contributed by atoms with van der Waals surface area (Å²) in [7, 11) is -3.11. The van der Waals surface area contributed by atoms with Gasteiger partial charge in [0, 0.05) is 11.4 Å². The van der Waals surface area contributed by atoms with E-state index in [1.165, 1.54) is 19.2 Å². The number of methoxy groups -OCH3 is 1. The first kappa shape index (κ1) is 19.3. The third-order valence-corrected chi connectivity index (χ3v) is 4.97. The molecule has 2 N–H and O–H groups in total. The molecule has 1 aromatic carbocycles. The Morgan fingerprint density at radius 3 is 2.27 bits per heavy atom. The highest BCUT2D eigenvalue weighted by Gasteiger charge is 2.31. The molecular formula is C16H18N4O5S. The molecule has 0 fully saturated rings. The molecule has 0 aliphatic carbocycles. The second kappa shape index (κ2) is 7.48. The van der Waals surface area contributed by atoms with Crippen LogP contribution in [0.4, 0.5) is 10.7 Å². The third-order valence-electron chi connectivity index (χ3n) is 3.39. The number of aryl methyl sites for hydroxylation is 2. The van der Waals surface area contributed by atoms with Gasteiger partial charge in [-0.2, -0.15) is 4.31 Å². The largest absolute Gasteiger partial charge is 0.465 e. The van der Waals surface area contributed by atoms with Crippen LogP contribution in [0.5, 0.6) is 0 Å². The summed E-state index contributed by atoms with van der Waals surface area (Å²) < 4.78 is 30.6. The van der Waals surface area contributed by atoms with Crippen LogP contribution in [-0.4, -0.2) is 37.5 Å². The topological polar surface area (TPSA) is 133 Å². The van der Waals surface area contributed by atoms with Crippen molar-refractivity contribution in [2.24, 2.45) is 5.73 Å². The number of carbonyl (C=O) groups is 2. The summed E-state index contributed by atoms with van der Waals surface area (Å²) in [5.41, 5.74) is 6.46. The Bertz CT molecular complexity index is 939. The van der Waals surface area contributed by atoms with Crippen LogP contribution in [0.1, 0.15) is 27.3 Å². The first-order chi connectivity index (χ1) is 12.2. The molecule has 138 valence electrons. The molecule has 0 unspecified atom stereocenters. The highest BCUT2D eigenvalue weighted by Crippen LogP contribution is 2.20. The lowest BCUT2D eigenvalue weighted by molar-refractivity contribution is 0.0600. The lowest BCUT2D eigenvalue weighted by Crippen LogP contribution is -2.42. The van der Waals surface area contributed by atoms with E-state index in [-0.39, 0.29) is 17.1 Å². The molecule has 0 aliphatic heterocycles. The number of nitrogens with zero attached hydrogens (tertiary/aromatic N) is 3. The smallest absolute Gasteiger partial charge is 0.338 e. The Kier molecular flexibility index (Phi) is 5.56.